The fourth-order valence-corrected chi connectivity index (χ4v) is 4.24. The number of carbonyl (C=O) groups is 1. The van der Waals surface area contributed by atoms with Crippen LogP contribution in [-0.2, 0) is 9.53 Å². The van der Waals surface area contributed by atoms with Crippen LogP contribution in [0.3, 0.4) is 0 Å². The summed E-state index contributed by atoms with van der Waals surface area (Å²) in [5, 5.41) is 10.9. The highest BCUT2D eigenvalue weighted by Crippen LogP contribution is 2.51. The Bertz CT molecular complexity index is 486. The van der Waals surface area contributed by atoms with Crippen molar-refractivity contribution in [3.8, 4) is 0 Å². The Labute approximate surface area is 131 Å². The summed E-state index contributed by atoms with van der Waals surface area (Å²) in [6.07, 6.45) is 1.53. The predicted octanol–water partition coefficient (Wildman–Crippen LogP) is 3.51. The first kappa shape index (κ1) is 16.4. The van der Waals surface area contributed by atoms with Crippen LogP contribution in [0.15, 0.2) is 35.2 Å². The van der Waals surface area contributed by atoms with Crippen LogP contribution in [0.5, 0.6) is 0 Å². The van der Waals surface area contributed by atoms with Crippen molar-refractivity contribution in [1.82, 2.24) is 0 Å². The van der Waals surface area contributed by atoms with Gasteiger partial charge in [0, 0.05) is 10.6 Å². The van der Waals surface area contributed by atoms with Crippen molar-refractivity contribution >= 4 is 17.7 Å². The largest absolute Gasteiger partial charge is 0.465 e. The van der Waals surface area contributed by atoms with Crippen LogP contribution < -0.4 is 0 Å². The van der Waals surface area contributed by atoms with E-state index >= 15 is 0 Å². The normalized spacial score (nSPS) is 32.1. The molecule has 0 bridgehead atoms. The maximum absolute atomic E-state index is 12.2. The lowest BCUT2D eigenvalue weighted by Gasteiger charge is -2.38. The minimum absolute atomic E-state index is 0.0945. The summed E-state index contributed by atoms with van der Waals surface area (Å²) < 4.78 is 5.17. The van der Waals surface area contributed by atoms with E-state index in [0.717, 1.165) is 12.2 Å². The maximum Gasteiger partial charge on any atom is 0.314 e. The summed E-state index contributed by atoms with van der Waals surface area (Å²) >= 11 is 1.73. The van der Waals surface area contributed by atoms with Crippen LogP contribution in [0.25, 0.3) is 0 Å². The number of thioether (sulfide) groups is 1. The molecule has 3 nitrogen and oxygen atoms in total. The third-order valence-corrected chi connectivity index (χ3v) is 6.00. The third-order valence-electron chi connectivity index (χ3n) is 4.83. The zero-order valence-electron chi connectivity index (χ0n) is 13.0. The molecule has 1 aliphatic carbocycles. The molecule has 1 fully saturated rings. The van der Waals surface area contributed by atoms with Crippen molar-refractivity contribution in [2.45, 2.75) is 44.1 Å². The Kier molecular flexibility index (Phi) is 4.99. The van der Waals surface area contributed by atoms with Gasteiger partial charge in [0.25, 0.3) is 0 Å². The van der Waals surface area contributed by atoms with E-state index in [2.05, 4.69) is 12.1 Å². The monoisotopic (exact) mass is 308 g/mol. The summed E-state index contributed by atoms with van der Waals surface area (Å²) in [6, 6.07) is 10.2. The van der Waals surface area contributed by atoms with Crippen LogP contribution in [-0.4, -0.2) is 29.0 Å². The molecule has 0 amide bonds. The molecule has 0 aromatic heterocycles. The van der Waals surface area contributed by atoms with Crippen molar-refractivity contribution in [3.63, 3.8) is 0 Å². The number of rotatable bonds is 5. The van der Waals surface area contributed by atoms with Gasteiger partial charge in [-0.15, -0.1) is 11.8 Å². The Morgan fingerprint density at radius 1 is 1.38 bits per heavy atom. The molecule has 116 valence electrons. The third kappa shape index (κ3) is 3.11. The second-order valence-corrected chi connectivity index (χ2v) is 7.15. The average Bonchev–Trinajstić information content (AvgIpc) is 2.70. The lowest BCUT2D eigenvalue weighted by Crippen LogP contribution is -2.50. The van der Waals surface area contributed by atoms with Crippen molar-refractivity contribution < 1.29 is 14.6 Å². The van der Waals surface area contributed by atoms with Gasteiger partial charge in [0.1, 0.15) is 0 Å². The second kappa shape index (κ2) is 6.41. The van der Waals surface area contributed by atoms with Crippen molar-refractivity contribution in [1.29, 1.82) is 0 Å². The van der Waals surface area contributed by atoms with Crippen LogP contribution >= 0.6 is 11.8 Å². The Morgan fingerprint density at radius 3 is 2.67 bits per heavy atom. The number of carbonyl (C=O) groups excluding carboxylic acids is 1. The van der Waals surface area contributed by atoms with Gasteiger partial charge in [-0.3, -0.25) is 4.79 Å². The van der Waals surface area contributed by atoms with Gasteiger partial charge in [-0.05, 0) is 51.7 Å². The zero-order chi connectivity index (χ0) is 15.5. The standard InChI is InChI=1S/C17H24O3S/c1-4-20-15(18)16(2)11-10-13(17(16,3)19)12-21-14-8-6-5-7-9-14/h5-9,13,19H,4,10-12H2,1-3H3/t13-,16-,17-/m0/s1. The number of benzene rings is 1. The minimum Gasteiger partial charge on any atom is -0.465 e. The molecule has 0 radical (unpaired) electrons. The topological polar surface area (TPSA) is 46.5 Å². The van der Waals surface area contributed by atoms with Gasteiger partial charge in [0.2, 0.25) is 0 Å². The molecule has 21 heavy (non-hydrogen) atoms. The first-order valence-electron chi connectivity index (χ1n) is 7.49. The molecule has 0 heterocycles. The van der Waals surface area contributed by atoms with Crippen molar-refractivity contribution in [3.05, 3.63) is 30.3 Å². The van der Waals surface area contributed by atoms with Gasteiger partial charge in [-0.25, -0.2) is 0 Å². The fraction of sp³-hybridized carbons (Fsp3) is 0.588. The quantitative estimate of drug-likeness (QED) is 0.668. The fourth-order valence-electron chi connectivity index (χ4n) is 3.01. The highest BCUT2D eigenvalue weighted by molar-refractivity contribution is 7.99. The van der Waals surface area contributed by atoms with Gasteiger partial charge in [0.15, 0.2) is 0 Å². The van der Waals surface area contributed by atoms with Gasteiger partial charge in [0.05, 0.1) is 17.6 Å². The van der Waals surface area contributed by atoms with E-state index in [-0.39, 0.29) is 11.9 Å². The Hall–Kier alpha value is -1.00. The first-order chi connectivity index (χ1) is 9.91. The van der Waals surface area contributed by atoms with Crippen molar-refractivity contribution in [2.75, 3.05) is 12.4 Å². The van der Waals surface area contributed by atoms with Crippen LogP contribution in [0.4, 0.5) is 0 Å². The SMILES string of the molecule is CCOC(=O)[C@]1(C)CC[C@@H](CSc2ccccc2)[C@]1(C)O. The summed E-state index contributed by atoms with van der Waals surface area (Å²) in [4.78, 5) is 13.4. The Morgan fingerprint density at radius 2 is 2.05 bits per heavy atom. The molecule has 0 aliphatic heterocycles. The molecule has 1 saturated carbocycles. The molecule has 0 unspecified atom stereocenters. The van der Waals surface area contributed by atoms with Gasteiger partial charge < -0.3 is 9.84 Å². The van der Waals surface area contributed by atoms with E-state index in [1.165, 1.54) is 4.90 Å². The summed E-state index contributed by atoms with van der Waals surface area (Å²) in [6.45, 7) is 5.77. The maximum atomic E-state index is 12.2. The molecule has 4 heteroatoms. The van der Waals surface area contributed by atoms with E-state index in [1.807, 2.05) is 25.1 Å². The molecule has 1 aliphatic rings. The van der Waals surface area contributed by atoms with Crippen LogP contribution in [0.2, 0.25) is 0 Å². The first-order valence-corrected chi connectivity index (χ1v) is 8.48. The van der Waals surface area contributed by atoms with E-state index in [9.17, 15) is 9.90 Å². The highest BCUT2D eigenvalue weighted by Gasteiger charge is 2.58. The van der Waals surface area contributed by atoms with Crippen LogP contribution in [0.1, 0.15) is 33.6 Å². The van der Waals surface area contributed by atoms with Gasteiger partial charge >= 0.3 is 5.97 Å². The molecule has 0 saturated heterocycles. The van der Waals surface area contributed by atoms with Crippen LogP contribution in [0, 0.1) is 11.3 Å². The van der Waals surface area contributed by atoms with Gasteiger partial charge in [-0.1, -0.05) is 18.2 Å². The number of hydrogen-bond donors (Lipinski definition) is 1. The molecule has 3 atom stereocenters. The van der Waals surface area contributed by atoms with E-state index in [4.69, 9.17) is 4.74 Å². The van der Waals surface area contributed by atoms with E-state index in [0.29, 0.717) is 13.0 Å². The molecular formula is C17H24O3S. The number of esters is 1. The second-order valence-electron chi connectivity index (χ2n) is 6.06. The number of hydrogen-bond acceptors (Lipinski definition) is 4. The summed E-state index contributed by atoms with van der Waals surface area (Å²) in [5.41, 5.74) is -1.83. The van der Waals surface area contributed by atoms with Gasteiger partial charge in [-0.2, -0.15) is 0 Å². The molecule has 2 rings (SSSR count). The lowest BCUT2D eigenvalue weighted by atomic mass is 9.74. The minimum atomic E-state index is -1.03. The van der Waals surface area contributed by atoms with E-state index in [1.54, 1.807) is 25.6 Å². The molecule has 1 aromatic rings. The molecular weight excluding hydrogens is 284 g/mol. The molecule has 0 spiro atoms. The van der Waals surface area contributed by atoms with Crippen molar-refractivity contribution in [2.24, 2.45) is 11.3 Å². The Balaban J connectivity index is 2.05. The highest BCUT2D eigenvalue weighted by atomic mass is 32.2. The zero-order valence-corrected chi connectivity index (χ0v) is 13.8. The lowest BCUT2D eigenvalue weighted by molar-refractivity contribution is -0.169. The summed E-state index contributed by atoms with van der Waals surface area (Å²) in [5.74, 6) is 0.630. The molecule has 1 aromatic carbocycles. The number of ether oxygens (including phenoxy) is 1. The smallest absolute Gasteiger partial charge is 0.314 e. The summed E-state index contributed by atoms with van der Waals surface area (Å²) in [7, 11) is 0. The number of aliphatic hydroxyl groups is 1. The predicted molar refractivity (Wildman–Crippen MR) is 85.3 cm³/mol. The average molecular weight is 308 g/mol. The van der Waals surface area contributed by atoms with E-state index < -0.39 is 11.0 Å². The molecule has 1 N–H and O–H groups in total.